The van der Waals surface area contributed by atoms with E-state index in [1.807, 2.05) is 4.90 Å². The molecule has 0 aromatic carbocycles. The molecule has 0 aromatic heterocycles. The quantitative estimate of drug-likeness (QED) is 0.236. The van der Waals surface area contributed by atoms with Crippen LogP contribution in [0.1, 0.15) is 51.4 Å². The first kappa shape index (κ1) is 58.0. The van der Waals surface area contributed by atoms with Crippen molar-refractivity contribution in [3.05, 3.63) is 0 Å². The Morgan fingerprint density at radius 2 is 0.676 bits per heavy atom. The van der Waals surface area contributed by atoms with Crippen LogP contribution in [0, 0.1) is 0 Å². The molecular weight excluding hydrogens is 1000 g/mol. The summed E-state index contributed by atoms with van der Waals surface area (Å²) >= 11 is 0. The fraction of sp³-hybridized carbons (Fsp3) is 1.00. The van der Waals surface area contributed by atoms with Crippen molar-refractivity contribution in [1.29, 1.82) is 0 Å². The van der Waals surface area contributed by atoms with Crippen LogP contribution < -0.4 is 0 Å². The standard InChI is InChI=1S/C10H20N2O.C9H18N2O3S.C8H16N2O4S.C7H14N2O6S2.C3H6O4S/c1-2-5-11(6-3-1)9-12-7-4-8-13-10-12;12-15(13)7-6-14-9-11(15)8-10-4-2-1-3-5-10;11-15(12)5-3-10(8-14-15)6-9-2-1-4-13-7-9;10-16(11)3-1-14-6-8(16)5-9-7-15-2-4-17(9,12)13;4-8(5)2-1-6-3-7-8/h1-10H2;1-9H2;1-8H2;1-7H2;1-3H2. The van der Waals surface area contributed by atoms with Gasteiger partial charge in [0.2, 0.25) is 30.1 Å². The van der Waals surface area contributed by atoms with Crippen LogP contribution in [0.3, 0.4) is 0 Å². The average molecular weight is 1080 g/mol. The van der Waals surface area contributed by atoms with Crippen LogP contribution in [0.2, 0.25) is 0 Å². The van der Waals surface area contributed by atoms with Crippen molar-refractivity contribution in [1.82, 2.24) is 37.4 Å². The topological polar surface area (TPSA) is 270 Å². The van der Waals surface area contributed by atoms with Crippen LogP contribution in [0.4, 0.5) is 0 Å². The minimum atomic E-state index is -3.43. The lowest BCUT2D eigenvalue weighted by molar-refractivity contribution is -0.0507. The van der Waals surface area contributed by atoms with Crippen molar-refractivity contribution in [2.24, 2.45) is 0 Å². The Balaban J connectivity index is 0.000000161. The Bertz CT molecular complexity index is 1940. The van der Waals surface area contributed by atoms with Crippen LogP contribution in [0.25, 0.3) is 0 Å². The van der Waals surface area contributed by atoms with Gasteiger partial charge >= 0.3 is 0 Å². The van der Waals surface area contributed by atoms with Gasteiger partial charge in [-0.15, -0.1) is 0 Å². The van der Waals surface area contributed by atoms with Gasteiger partial charge in [0.05, 0.1) is 95.3 Å². The summed E-state index contributed by atoms with van der Waals surface area (Å²) in [6, 6.07) is 0. The number of likely N-dealkylation sites (tertiary alicyclic amines) is 2. The van der Waals surface area contributed by atoms with Gasteiger partial charge in [0.1, 0.15) is 26.9 Å². The number of nitrogens with zero attached hydrogens (tertiary/aromatic N) is 8. The maximum absolute atomic E-state index is 11.7. The molecule has 0 N–H and O–H groups in total. The molecule has 0 aliphatic carbocycles. The highest BCUT2D eigenvalue weighted by Gasteiger charge is 2.34. The number of sulfonamides is 3. The van der Waals surface area contributed by atoms with E-state index in [4.69, 9.17) is 27.9 Å². The Kier molecular flexibility index (Phi) is 24.8. The zero-order valence-electron chi connectivity index (χ0n) is 39.1. The van der Waals surface area contributed by atoms with E-state index in [1.54, 1.807) is 0 Å². The minimum absolute atomic E-state index is 0.0208. The van der Waals surface area contributed by atoms with E-state index < -0.39 is 50.3 Å². The number of piperidine rings is 2. The summed E-state index contributed by atoms with van der Waals surface area (Å²) in [5.41, 5.74) is 0. The van der Waals surface area contributed by atoms with E-state index in [0.717, 1.165) is 67.9 Å². The second-order valence-corrected chi connectivity index (χ2v) is 27.0. The van der Waals surface area contributed by atoms with Crippen LogP contribution in [0.5, 0.6) is 0 Å². The highest BCUT2D eigenvalue weighted by atomic mass is 32.2. The molecule has 0 unspecified atom stereocenters. The lowest BCUT2D eigenvalue weighted by Crippen LogP contribution is -2.51. The second kappa shape index (κ2) is 29.1. The summed E-state index contributed by atoms with van der Waals surface area (Å²) in [7, 11) is -16.4. The molecule has 9 heterocycles. The van der Waals surface area contributed by atoms with Gasteiger partial charge < -0.3 is 28.4 Å². The molecular formula is C37H74N8O18S5. The molecule has 31 heteroatoms. The number of rotatable bonds is 8. The van der Waals surface area contributed by atoms with Crippen molar-refractivity contribution in [3.8, 4) is 0 Å². The van der Waals surface area contributed by atoms with Crippen molar-refractivity contribution in [2.75, 3.05) is 188 Å². The van der Waals surface area contributed by atoms with E-state index in [2.05, 4.69) is 28.5 Å². The molecule has 9 fully saturated rings. The summed E-state index contributed by atoms with van der Waals surface area (Å²) in [5.74, 6) is -0.0565. The first-order valence-corrected chi connectivity index (χ1v) is 31.2. The predicted octanol–water partition coefficient (Wildman–Crippen LogP) is -2.09. The molecule has 0 atom stereocenters. The molecule has 400 valence electrons. The van der Waals surface area contributed by atoms with Gasteiger partial charge in [0.15, 0.2) is 6.79 Å². The lowest BCUT2D eigenvalue weighted by Gasteiger charge is -2.34. The molecule has 9 aliphatic heterocycles. The normalized spacial score (nSPS) is 28.9. The SMILES string of the molecule is C1CCN(CN2CCCOC2)CC1.O=S1(=O)CCN(CN2CCCOC2)CO1.O=S1(=O)CCOCN1CN1CCCCC1.O=S1(=O)CCOCN1CN1COCCS1(=O)=O.O=S1(=O)CCOCO1. The maximum atomic E-state index is 11.7. The smallest absolute Gasteiger partial charge is 0.271 e. The van der Waals surface area contributed by atoms with Crippen molar-refractivity contribution < 1.29 is 78.9 Å². The average Bonchev–Trinajstić information content (AvgIpc) is 3.31. The van der Waals surface area contributed by atoms with Crippen LogP contribution >= 0.6 is 0 Å². The van der Waals surface area contributed by atoms with Gasteiger partial charge in [-0.1, -0.05) is 12.8 Å². The molecule has 9 rings (SSSR count). The molecule has 9 saturated heterocycles. The van der Waals surface area contributed by atoms with Crippen LogP contribution in [-0.2, 0) is 87.1 Å². The van der Waals surface area contributed by atoms with Gasteiger partial charge in [0, 0.05) is 32.8 Å². The Labute approximate surface area is 404 Å². The summed E-state index contributed by atoms with van der Waals surface area (Å²) in [6.45, 7) is 13.6. The molecule has 26 nitrogen and oxygen atoms in total. The Morgan fingerprint density at radius 1 is 0.294 bits per heavy atom. The Morgan fingerprint density at radius 3 is 1.04 bits per heavy atom. The fourth-order valence-electron chi connectivity index (χ4n) is 7.71. The number of hydrogen-bond acceptors (Lipinski definition) is 23. The van der Waals surface area contributed by atoms with Crippen molar-refractivity contribution in [3.63, 3.8) is 0 Å². The van der Waals surface area contributed by atoms with Crippen molar-refractivity contribution in [2.45, 2.75) is 51.4 Å². The molecule has 0 radical (unpaired) electrons. The number of ether oxygens (including phenoxy) is 6. The monoisotopic (exact) mass is 1080 g/mol. The molecule has 0 bridgehead atoms. The van der Waals surface area contributed by atoms with Gasteiger partial charge in [-0.25, -0.2) is 29.4 Å². The van der Waals surface area contributed by atoms with Crippen molar-refractivity contribution >= 4 is 50.3 Å². The summed E-state index contributed by atoms with van der Waals surface area (Å²) in [6.07, 6.45) is 10.0. The zero-order chi connectivity index (χ0) is 48.9. The van der Waals surface area contributed by atoms with Crippen LogP contribution in [0.15, 0.2) is 0 Å². The van der Waals surface area contributed by atoms with Gasteiger partial charge in [-0.2, -0.15) is 29.8 Å². The third-order valence-corrected chi connectivity index (χ3v) is 19.0. The highest BCUT2D eigenvalue weighted by molar-refractivity contribution is 7.90. The first-order chi connectivity index (χ1) is 32.4. The molecule has 0 amide bonds. The van der Waals surface area contributed by atoms with Gasteiger partial charge in [-0.3, -0.25) is 28.7 Å². The maximum Gasteiger partial charge on any atom is 0.271 e. The van der Waals surface area contributed by atoms with E-state index in [0.29, 0.717) is 26.6 Å². The third-order valence-electron chi connectivity index (χ3n) is 11.6. The molecule has 0 spiro atoms. The summed E-state index contributed by atoms with van der Waals surface area (Å²) in [4.78, 5) is 11.3. The molecule has 0 saturated carbocycles. The molecule has 9 aliphatic rings. The Hall–Kier alpha value is -0.890. The van der Waals surface area contributed by atoms with E-state index in [-0.39, 0.29) is 89.0 Å². The van der Waals surface area contributed by atoms with Gasteiger partial charge in [0.25, 0.3) is 20.2 Å². The fourth-order valence-corrected chi connectivity index (χ4v) is 12.8. The largest absolute Gasteiger partial charge is 0.366 e. The second-order valence-electron chi connectivity index (χ2n) is 17.2. The van der Waals surface area contributed by atoms with Gasteiger partial charge in [-0.05, 0) is 64.7 Å². The molecule has 0 aromatic rings. The minimum Gasteiger partial charge on any atom is -0.366 e. The predicted molar refractivity (Wildman–Crippen MR) is 246 cm³/mol. The summed E-state index contributed by atoms with van der Waals surface area (Å²) < 4.78 is 156. The number of hydrogen-bond donors (Lipinski definition) is 0. The zero-order valence-corrected chi connectivity index (χ0v) is 43.2. The third kappa shape index (κ3) is 21.7. The molecule has 68 heavy (non-hydrogen) atoms. The lowest BCUT2D eigenvalue weighted by atomic mass is 10.1. The van der Waals surface area contributed by atoms with E-state index in [1.165, 1.54) is 68.9 Å². The summed E-state index contributed by atoms with van der Waals surface area (Å²) in [5, 5.41) is 0. The first-order valence-electron chi connectivity index (χ1n) is 23.2. The van der Waals surface area contributed by atoms with E-state index in [9.17, 15) is 42.1 Å². The highest BCUT2D eigenvalue weighted by Crippen LogP contribution is 2.16. The van der Waals surface area contributed by atoms with Crippen LogP contribution in [-0.4, -0.2) is 268 Å². The van der Waals surface area contributed by atoms with E-state index >= 15 is 0 Å².